The van der Waals surface area contributed by atoms with Gasteiger partial charge < -0.3 is 24.8 Å². The monoisotopic (exact) mass is 371 g/mol. The molecule has 0 fully saturated rings. The summed E-state index contributed by atoms with van der Waals surface area (Å²) in [6.45, 7) is 3.52. The summed E-state index contributed by atoms with van der Waals surface area (Å²) in [5, 5.41) is 6.69. The lowest BCUT2D eigenvalue weighted by Crippen LogP contribution is -2.38. The van der Waals surface area contributed by atoms with Crippen molar-refractivity contribution in [2.24, 2.45) is 4.99 Å². The molecule has 2 aromatic rings. The first-order valence-electron chi connectivity index (χ1n) is 8.91. The molecular formula is C21H29N3O3. The zero-order valence-corrected chi connectivity index (χ0v) is 16.7. The highest BCUT2D eigenvalue weighted by atomic mass is 16.5. The molecule has 0 spiro atoms. The number of guanidine groups is 1. The Morgan fingerprint density at radius 3 is 2.15 bits per heavy atom. The molecule has 2 aromatic carbocycles. The molecule has 0 aliphatic carbocycles. The summed E-state index contributed by atoms with van der Waals surface area (Å²) in [6, 6.07) is 14.1. The topological polar surface area (TPSA) is 64.1 Å². The molecule has 2 rings (SSSR count). The van der Waals surface area contributed by atoms with Crippen LogP contribution in [0.5, 0.6) is 17.2 Å². The third-order valence-electron chi connectivity index (χ3n) is 4.40. The van der Waals surface area contributed by atoms with E-state index in [0.29, 0.717) is 24.0 Å². The van der Waals surface area contributed by atoms with E-state index in [9.17, 15) is 0 Å². The second-order valence-corrected chi connectivity index (χ2v) is 6.14. The van der Waals surface area contributed by atoms with Gasteiger partial charge in [0.15, 0.2) is 17.5 Å². The predicted octanol–water partition coefficient (Wildman–Crippen LogP) is 3.18. The summed E-state index contributed by atoms with van der Waals surface area (Å²) in [6.07, 6.45) is 0. The van der Waals surface area contributed by atoms with Crippen LogP contribution in [0.2, 0.25) is 0 Å². The van der Waals surface area contributed by atoms with E-state index in [4.69, 9.17) is 14.2 Å². The van der Waals surface area contributed by atoms with Crippen LogP contribution in [0.3, 0.4) is 0 Å². The van der Waals surface area contributed by atoms with Crippen molar-refractivity contribution < 1.29 is 14.2 Å². The van der Waals surface area contributed by atoms with Crippen molar-refractivity contribution in [3.63, 3.8) is 0 Å². The quantitative estimate of drug-likeness (QED) is 0.551. The number of ether oxygens (including phenoxy) is 3. The standard InChI is InChI=1S/C21H29N3O3/c1-15(16-9-7-6-8-10-16)13-23-21(22-2)24-14-17-11-19(26-4)20(27-5)12-18(17)25-3/h6-12,15H,13-14H2,1-5H3,(H2,22,23,24). The van der Waals surface area contributed by atoms with E-state index in [1.165, 1.54) is 5.56 Å². The van der Waals surface area contributed by atoms with Gasteiger partial charge in [0.2, 0.25) is 0 Å². The Morgan fingerprint density at radius 1 is 0.926 bits per heavy atom. The molecule has 0 saturated heterocycles. The van der Waals surface area contributed by atoms with E-state index < -0.39 is 0 Å². The van der Waals surface area contributed by atoms with Crippen molar-refractivity contribution >= 4 is 5.96 Å². The fourth-order valence-corrected chi connectivity index (χ4v) is 2.78. The molecular weight excluding hydrogens is 342 g/mol. The normalized spacial score (nSPS) is 12.3. The van der Waals surface area contributed by atoms with Gasteiger partial charge in [0, 0.05) is 31.8 Å². The molecule has 6 heteroatoms. The van der Waals surface area contributed by atoms with Crippen molar-refractivity contribution in [3.8, 4) is 17.2 Å². The summed E-state index contributed by atoms with van der Waals surface area (Å²) in [5.74, 6) is 3.14. The van der Waals surface area contributed by atoms with Crippen LogP contribution in [0.1, 0.15) is 24.0 Å². The van der Waals surface area contributed by atoms with Crippen molar-refractivity contribution in [3.05, 3.63) is 53.6 Å². The largest absolute Gasteiger partial charge is 0.496 e. The third-order valence-corrected chi connectivity index (χ3v) is 4.40. The first-order chi connectivity index (χ1) is 13.1. The molecule has 146 valence electrons. The molecule has 0 aliphatic rings. The second kappa shape index (κ2) is 10.3. The third kappa shape index (κ3) is 5.54. The van der Waals surface area contributed by atoms with Gasteiger partial charge in [-0.15, -0.1) is 0 Å². The number of methoxy groups -OCH3 is 3. The molecule has 1 atom stereocenters. The van der Waals surface area contributed by atoms with E-state index in [-0.39, 0.29) is 0 Å². The number of hydrogen-bond acceptors (Lipinski definition) is 4. The maximum atomic E-state index is 5.47. The molecule has 0 saturated carbocycles. The second-order valence-electron chi connectivity index (χ2n) is 6.14. The van der Waals surface area contributed by atoms with Crippen molar-refractivity contribution in [1.82, 2.24) is 10.6 Å². The van der Waals surface area contributed by atoms with Crippen LogP contribution in [-0.4, -0.2) is 40.9 Å². The van der Waals surface area contributed by atoms with Crippen LogP contribution in [0, 0.1) is 0 Å². The summed E-state index contributed by atoms with van der Waals surface area (Å²) >= 11 is 0. The highest BCUT2D eigenvalue weighted by Gasteiger charge is 2.12. The molecule has 2 N–H and O–H groups in total. The first kappa shape index (κ1) is 20.4. The molecule has 6 nitrogen and oxygen atoms in total. The van der Waals surface area contributed by atoms with Gasteiger partial charge in [-0.05, 0) is 17.5 Å². The van der Waals surface area contributed by atoms with Crippen LogP contribution < -0.4 is 24.8 Å². The lowest BCUT2D eigenvalue weighted by atomic mass is 10.0. The lowest BCUT2D eigenvalue weighted by molar-refractivity contribution is 0.347. The van der Waals surface area contributed by atoms with E-state index in [1.54, 1.807) is 28.4 Å². The zero-order valence-electron chi connectivity index (χ0n) is 16.7. The fraction of sp³-hybridized carbons (Fsp3) is 0.381. The van der Waals surface area contributed by atoms with Gasteiger partial charge in [0.1, 0.15) is 5.75 Å². The lowest BCUT2D eigenvalue weighted by Gasteiger charge is -2.18. The first-order valence-corrected chi connectivity index (χ1v) is 8.91. The minimum atomic E-state index is 0.375. The molecule has 27 heavy (non-hydrogen) atoms. The molecule has 0 aromatic heterocycles. The van der Waals surface area contributed by atoms with Gasteiger partial charge in [0.25, 0.3) is 0 Å². The Hall–Kier alpha value is -2.89. The Morgan fingerprint density at radius 2 is 1.56 bits per heavy atom. The Balaban J connectivity index is 1.99. The average Bonchev–Trinajstić information content (AvgIpc) is 2.73. The van der Waals surface area contributed by atoms with Gasteiger partial charge >= 0.3 is 0 Å². The van der Waals surface area contributed by atoms with Gasteiger partial charge in [-0.3, -0.25) is 4.99 Å². The predicted molar refractivity (Wildman–Crippen MR) is 109 cm³/mol. The Labute approximate surface area is 161 Å². The van der Waals surface area contributed by atoms with Crippen molar-refractivity contribution in [2.45, 2.75) is 19.4 Å². The maximum Gasteiger partial charge on any atom is 0.191 e. The van der Waals surface area contributed by atoms with Crippen LogP contribution >= 0.6 is 0 Å². The number of nitrogens with zero attached hydrogens (tertiary/aromatic N) is 1. The van der Waals surface area contributed by atoms with Crippen molar-refractivity contribution in [2.75, 3.05) is 34.9 Å². The Bertz CT molecular complexity index is 748. The summed E-state index contributed by atoms with van der Waals surface area (Å²) in [5.41, 5.74) is 2.25. The minimum absolute atomic E-state index is 0.375. The van der Waals surface area contributed by atoms with Crippen molar-refractivity contribution in [1.29, 1.82) is 0 Å². The highest BCUT2D eigenvalue weighted by molar-refractivity contribution is 5.79. The average molecular weight is 371 g/mol. The van der Waals surface area contributed by atoms with Gasteiger partial charge in [0.05, 0.1) is 21.3 Å². The smallest absolute Gasteiger partial charge is 0.191 e. The number of aliphatic imine (C=N–C) groups is 1. The van der Waals surface area contributed by atoms with Crippen LogP contribution in [0.15, 0.2) is 47.5 Å². The highest BCUT2D eigenvalue weighted by Crippen LogP contribution is 2.34. The number of rotatable bonds is 8. The van der Waals surface area contributed by atoms with E-state index in [0.717, 1.165) is 23.8 Å². The molecule has 1 unspecified atom stereocenters. The van der Waals surface area contributed by atoms with Gasteiger partial charge in [-0.2, -0.15) is 0 Å². The Kier molecular flexibility index (Phi) is 7.79. The molecule has 0 heterocycles. The van der Waals surface area contributed by atoms with E-state index in [1.807, 2.05) is 18.2 Å². The zero-order chi connectivity index (χ0) is 19.6. The molecule has 0 aliphatic heterocycles. The number of benzene rings is 2. The summed E-state index contributed by atoms with van der Waals surface area (Å²) < 4.78 is 16.2. The van der Waals surface area contributed by atoms with Crippen LogP contribution in [0.4, 0.5) is 0 Å². The number of nitrogens with one attached hydrogen (secondary N) is 2. The van der Waals surface area contributed by atoms with Gasteiger partial charge in [-0.1, -0.05) is 37.3 Å². The van der Waals surface area contributed by atoms with Crippen LogP contribution in [0.25, 0.3) is 0 Å². The van der Waals surface area contributed by atoms with Crippen LogP contribution in [-0.2, 0) is 6.54 Å². The molecule has 0 bridgehead atoms. The maximum absolute atomic E-state index is 5.47. The van der Waals surface area contributed by atoms with Gasteiger partial charge in [-0.25, -0.2) is 0 Å². The minimum Gasteiger partial charge on any atom is -0.496 e. The summed E-state index contributed by atoms with van der Waals surface area (Å²) in [7, 11) is 6.62. The SMILES string of the molecule is CN=C(NCc1cc(OC)c(OC)cc1OC)NCC(C)c1ccccc1. The van der Waals surface area contributed by atoms with E-state index >= 15 is 0 Å². The molecule has 0 amide bonds. The molecule has 0 radical (unpaired) electrons. The van der Waals surface area contributed by atoms with E-state index in [2.05, 4.69) is 46.8 Å². The summed E-state index contributed by atoms with van der Waals surface area (Å²) in [4.78, 5) is 4.30. The fourth-order valence-electron chi connectivity index (χ4n) is 2.78. The number of hydrogen-bond donors (Lipinski definition) is 2.